The fraction of sp³-hybridized carbons (Fsp3) is 1.00. The van der Waals surface area contributed by atoms with Crippen LogP contribution in [0.1, 0.15) is 0 Å². The zero-order valence-corrected chi connectivity index (χ0v) is 4.91. The molecule has 50 valence electrons. The number of hydrogen-bond donors (Lipinski definition) is 1. The Morgan fingerprint density at radius 2 is 2.00 bits per heavy atom. The zero-order valence-electron chi connectivity index (χ0n) is 4.91. The molecule has 0 aromatic heterocycles. The Labute approximate surface area is 52.4 Å². The van der Waals surface area contributed by atoms with E-state index in [-0.39, 0.29) is 11.0 Å². The minimum Gasteiger partial charge on any atom is -0.316 e. The number of piperidine rings is 1. The van der Waals surface area contributed by atoms with E-state index < -0.39 is 0 Å². The summed E-state index contributed by atoms with van der Waals surface area (Å²) >= 11 is 0. The molecule has 1 aliphatic carbocycles. The van der Waals surface area contributed by atoms with Crippen molar-refractivity contribution in [1.29, 1.82) is 0 Å². The van der Waals surface area contributed by atoms with E-state index >= 15 is 0 Å². The maximum Gasteiger partial charge on any atom is 0.222 e. The summed E-state index contributed by atoms with van der Waals surface area (Å²) in [5.74, 6) is 0.722. The van der Waals surface area contributed by atoms with Crippen LogP contribution in [0.5, 0.6) is 0 Å². The second-order valence-electron chi connectivity index (χ2n) is 2.76. The molecule has 0 radical (unpaired) electrons. The smallest absolute Gasteiger partial charge is 0.222 e. The molecule has 1 saturated heterocycles. The Morgan fingerprint density at radius 3 is 2.33 bits per heavy atom. The molecule has 0 amide bonds. The number of rotatable bonds is 1. The van der Waals surface area contributed by atoms with Gasteiger partial charge in [0.25, 0.3) is 0 Å². The molecule has 0 aromatic carbocycles. The summed E-state index contributed by atoms with van der Waals surface area (Å²) in [6.45, 7) is 1.71. The van der Waals surface area contributed by atoms with Crippen LogP contribution in [-0.4, -0.2) is 24.1 Å². The van der Waals surface area contributed by atoms with E-state index in [0.717, 1.165) is 13.1 Å². The van der Waals surface area contributed by atoms with Crippen molar-refractivity contribution in [2.75, 3.05) is 13.1 Å². The molecule has 0 aromatic rings. The Morgan fingerprint density at radius 1 is 1.44 bits per heavy atom. The van der Waals surface area contributed by atoms with Crippen molar-refractivity contribution in [2.24, 2.45) is 11.8 Å². The normalized spacial score (nSPS) is 46.4. The van der Waals surface area contributed by atoms with Crippen LogP contribution in [0, 0.1) is 22.0 Å². The van der Waals surface area contributed by atoms with Crippen LogP contribution in [0.4, 0.5) is 0 Å². The van der Waals surface area contributed by atoms with Gasteiger partial charge in [0.2, 0.25) is 6.04 Å². The highest BCUT2D eigenvalue weighted by Gasteiger charge is 2.62. The summed E-state index contributed by atoms with van der Waals surface area (Å²) in [7, 11) is 0. The lowest BCUT2D eigenvalue weighted by atomic mass is 10.4. The SMILES string of the molecule is O=[N+]([O-])C1[C@H]2CNC[C@@H]12. The van der Waals surface area contributed by atoms with Crippen LogP contribution < -0.4 is 5.32 Å². The molecule has 1 aliphatic heterocycles. The van der Waals surface area contributed by atoms with E-state index in [1.54, 1.807) is 0 Å². The van der Waals surface area contributed by atoms with Gasteiger partial charge >= 0.3 is 0 Å². The van der Waals surface area contributed by atoms with Crippen LogP contribution in [0.25, 0.3) is 0 Å². The summed E-state index contributed by atoms with van der Waals surface area (Å²) in [5.41, 5.74) is 0. The highest BCUT2D eigenvalue weighted by Crippen LogP contribution is 2.43. The first-order valence-corrected chi connectivity index (χ1v) is 3.15. The van der Waals surface area contributed by atoms with Gasteiger partial charge in [-0.05, 0) is 0 Å². The first-order chi connectivity index (χ1) is 4.30. The van der Waals surface area contributed by atoms with Crippen LogP contribution in [-0.2, 0) is 0 Å². The summed E-state index contributed by atoms with van der Waals surface area (Å²) < 4.78 is 0. The third kappa shape index (κ3) is 0.564. The Bertz CT molecular complexity index is 149. The lowest BCUT2D eigenvalue weighted by Gasteiger charge is -1.94. The molecule has 2 rings (SSSR count). The van der Waals surface area contributed by atoms with Gasteiger partial charge in [-0.3, -0.25) is 10.1 Å². The van der Waals surface area contributed by atoms with Crippen molar-refractivity contribution in [1.82, 2.24) is 5.32 Å². The molecule has 2 aliphatic rings. The summed E-state index contributed by atoms with van der Waals surface area (Å²) in [5, 5.41) is 13.3. The maximum absolute atomic E-state index is 10.2. The molecule has 1 saturated carbocycles. The van der Waals surface area contributed by atoms with Gasteiger partial charge < -0.3 is 5.32 Å². The standard InChI is InChI=1S/C5H8N2O2/c8-7(9)5-3-1-6-2-4(3)5/h3-6H,1-2H2/t3-,4+,5?. The quantitative estimate of drug-likeness (QED) is 0.382. The molecule has 1 unspecified atom stereocenters. The molecule has 9 heavy (non-hydrogen) atoms. The van der Waals surface area contributed by atoms with Crippen LogP contribution in [0.2, 0.25) is 0 Å². The maximum atomic E-state index is 10.2. The van der Waals surface area contributed by atoms with Crippen molar-refractivity contribution < 1.29 is 4.92 Å². The van der Waals surface area contributed by atoms with Gasteiger partial charge in [-0.25, -0.2) is 0 Å². The van der Waals surface area contributed by atoms with Gasteiger partial charge in [0.1, 0.15) is 0 Å². The fourth-order valence-corrected chi connectivity index (χ4v) is 1.70. The molecule has 2 fully saturated rings. The highest BCUT2D eigenvalue weighted by molar-refractivity contribution is 5.04. The van der Waals surface area contributed by atoms with Crippen LogP contribution in [0.3, 0.4) is 0 Å². The monoisotopic (exact) mass is 128 g/mol. The van der Waals surface area contributed by atoms with E-state index in [4.69, 9.17) is 0 Å². The number of nitrogens with one attached hydrogen (secondary N) is 1. The Hall–Kier alpha value is -0.640. The average Bonchev–Trinajstić information content (AvgIpc) is 2.30. The third-order valence-corrected chi connectivity index (χ3v) is 2.29. The van der Waals surface area contributed by atoms with E-state index in [0.29, 0.717) is 11.8 Å². The molecule has 0 bridgehead atoms. The van der Waals surface area contributed by atoms with E-state index in [2.05, 4.69) is 5.32 Å². The number of nitrogens with zero attached hydrogens (tertiary/aromatic N) is 1. The van der Waals surface area contributed by atoms with Gasteiger partial charge in [-0.2, -0.15) is 0 Å². The molecule has 0 spiro atoms. The minimum absolute atomic E-state index is 0.143. The van der Waals surface area contributed by atoms with Gasteiger partial charge in [0, 0.05) is 29.8 Å². The van der Waals surface area contributed by atoms with E-state index in [1.807, 2.05) is 0 Å². The minimum atomic E-state index is -0.203. The van der Waals surface area contributed by atoms with Gasteiger partial charge in [0.05, 0.1) is 0 Å². The molecule has 3 atom stereocenters. The molecule has 4 heteroatoms. The van der Waals surface area contributed by atoms with Crippen molar-refractivity contribution in [2.45, 2.75) is 6.04 Å². The van der Waals surface area contributed by atoms with Crippen molar-refractivity contribution >= 4 is 0 Å². The van der Waals surface area contributed by atoms with Crippen molar-refractivity contribution in [3.63, 3.8) is 0 Å². The first-order valence-electron chi connectivity index (χ1n) is 3.15. The highest BCUT2D eigenvalue weighted by atomic mass is 16.6. The lowest BCUT2D eigenvalue weighted by Crippen LogP contribution is -2.21. The van der Waals surface area contributed by atoms with Crippen LogP contribution >= 0.6 is 0 Å². The van der Waals surface area contributed by atoms with Crippen LogP contribution in [0.15, 0.2) is 0 Å². The van der Waals surface area contributed by atoms with Gasteiger partial charge in [0.15, 0.2) is 0 Å². The van der Waals surface area contributed by atoms with Crippen molar-refractivity contribution in [3.05, 3.63) is 10.1 Å². The Kier molecular flexibility index (Phi) is 0.829. The molecule has 1 heterocycles. The number of nitro groups is 1. The second kappa shape index (κ2) is 1.44. The lowest BCUT2D eigenvalue weighted by molar-refractivity contribution is -0.502. The summed E-state index contributed by atoms with van der Waals surface area (Å²) in [4.78, 5) is 10.0. The second-order valence-corrected chi connectivity index (χ2v) is 2.76. The molecular weight excluding hydrogens is 120 g/mol. The summed E-state index contributed by atoms with van der Waals surface area (Å²) in [6, 6.07) is -0.203. The fourth-order valence-electron chi connectivity index (χ4n) is 1.70. The predicted octanol–water partition coefficient (Wildman–Crippen LogP) is -0.519. The number of hydrogen-bond acceptors (Lipinski definition) is 3. The molecule has 4 nitrogen and oxygen atoms in total. The average molecular weight is 128 g/mol. The number of fused-ring (bicyclic) bond motifs is 1. The summed E-state index contributed by atoms with van der Waals surface area (Å²) in [6.07, 6.45) is 0. The van der Waals surface area contributed by atoms with E-state index in [1.165, 1.54) is 0 Å². The Balaban J connectivity index is 2.02. The van der Waals surface area contributed by atoms with Gasteiger partial charge in [-0.1, -0.05) is 0 Å². The molecule has 1 N–H and O–H groups in total. The molecular formula is C5H8N2O2. The van der Waals surface area contributed by atoms with Crippen molar-refractivity contribution in [3.8, 4) is 0 Å². The largest absolute Gasteiger partial charge is 0.316 e. The third-order valence-electron chi connectivity index (χ3n) is 2.29. The zero-order chi connectivity index (χ0) is 6.43. The topological polar surface area (TPSA) is 55.2 Å². The van der Waals surface area contributed by atoms with E-state index in [9.17, 15) is 10.1 Å². The van der Waals surface area contributed by atoms with Gasteiger partial charge in [-0.15, -0.1) is 0 Å². The first kappa shape index (κ1) is 5.17. The predicted molar refractivity (Wildman–Crippen MR) is 30.6 cm³/mol.